The van der Waals surface area contributed by atoms with Crippen molar-refractivity contribution in [2.24, 2.45) is 10.7 Å². The number of amidine groups is 1. The van der Waals surface area contributed by atoms with Crippen LogP contribution in [0.15, 0.2) is 4.99 Å². The quantitative estimate of drug-likeness (QED) is 0.385. The Bertz CT molecular complexity index is 209. The van der Waals surface area contributed by atoms with Gasteiger partial charge in [-0.25, -0.2) is 0 Å². The number of nitrogens with zero attached hydrogens (tertiary/aromatic N) is 1. The van der Waals surface area contributed by atoms with E-state index in [-0.39, 0.29) is 6.04 Å². The van der Waals surface area contributed by atoms with Crippen LogP contribution in [-0.2, 0) is 4.74 Å². The van der Waals surface area contributed by atoms with Crippen LogP contribution in [0.2, 0.25) is 0 Å². The third kappa shape index (κ3) is 2.93. The first-order valence-electron chi connectivity index (χ1n) is 3.75. The average Bonchev–Trinajstić information content (AvgIpc) is 1.99. The van der Waals surface area contributed by atoms with Gasteiger partial charge in [-0.05, 0) is 20.8 Å². The Morgan fingerprint density at radius 1 is 1.67 bits per heavy atom. The fourth-order valence-electron chi connectivity index (χ4n) is 0.709. The minimum Gasteiger partial charge on any atom is -0.388 e. The maximum atomic E-state index is 5.42. The summed E-state index contributed by atoms with van der Waals surface area (Å²) >= 11 is 0. The summed E-state index contributed by atoms with van der Waals surface area (Å²) in [6.45, 7) is 5.46. The Labute approximate surface area is 74.0 Å². The highest BCUT2D eigenvalue weighted by molar-refractivity contribution is 5.77. The predicted octanol–water partition coefficient (Wildman–Crippen LogP) is 0.790. The summed E-state index contributed by atoms with van der Waals surface area (Å²) in [6.07, 6.45) is 5.29. The van der Waals surface area contributed by atoms with Crippen LogP contribution >= 0.6 is 0 Å². The molecule has 0 aliphatic heterocycles. The molecule has 0 rings (SSSR count). The summed E-state index contributed by atoms with van der Waals surface area (Å²) in [5.74, 6) is 3.01. The van der Waals surface area contributed by atoms with E-state index >= 15 is 0 Å². The first-order chi connectivity index (χ1) is 5.44. The maximum absolute atomic E-state index is 5.42. The second kappa shape index (κ2) is 4.13. The molecule has 0 amide bonds. The van der Waals surface area contributed by atoms with Gasteiger partial charge in [-0.3, -0.25) is 4.99 Å². The minimum atomic E-state index is -0.463. The molecule has 0 bridgehead atoms. The Morgan fingerprint density at radius 3 is 2.42 bits per heavy atom. The Kier molecular flexibility index (Phi) is 3.78. The van der Waals surface area contributed by atoms with E-state index in [1.165, 1.54) is 0 Å². The zero-order chi connectivity index (χ0) is 9.78. The van der Waals surface area contributed by atoms with Crippen LogP contribution in [0, 0.1) is 12.3 Å². The zero-order valence-electron chi connectivity index (χ0n) is 8.09. The van der Waals surface area contributed by atoms with E-state index in [0.717, 1.165) is 0 Å². The third-order valence-corrected chi connectivity index (χ3v) is 1.68. The summed E-state index contributed by atoms with van der Waals surface area (Å²) in [7, 11) is 1.60. The van der Waals surface area contributed by atoms with Gasteiger partial charge in [0.05, 0.1) is 11.4 Å². The van der Waals surface area contributed by atoms with E-state index in [1.54, 1.807) is 14.0 Å². The van der Waals surface area contributed by atoms with Crippen molar-refractivity contribution in [1.29, 1.82) is 0 Å². The van der Waals surface area contributed by atoms with E-state index in [2.05, 4.69) is 10.9 Å². The van der Waals surface area contributed by atoms with E-state index in [9.17, 15) is 0 Å². The molecule has 0 aromatic heterocycles. The van der Waals surface area contributed by atoms with Crippen molar-refractivity contribution in [1.82, 2.24) is 0 Å². The van der Waals surface area contributed by atoms with Gasteiger partial charge in [0.25, 0.3) is 0 Å². The van der Waals surface area contributed by atoms with Gasteiger partial charge in [0.15, 0.2) is 0 Å². The van der Waals surface area contributed by atoms with E-state index < -0.39 is 5.60 Å². The number of aliphatic imine (C=N–C) groups is 1. The largest absolute Gasteiger partial charge is 0.388 e. The van der Waals surface area contributed by atoms with Gasteiger partial charge in [-0.1, -0.05) is 5.92 Å². The molecule has 0 spiro atoms. The molecule has 2 N–H and O–H groups in total. The molecule has 1 unspecified atom stereocenters. The van der Waals surface area contributed by atoms with Crippen molar-refractivity contribution in [3.63, 3.8) is 0 Å². The van der Waals surface area contributed by atoms with Gasteiger partial charge in [-0.2, -0.15) is 0 Å². The van der Waals surface area contributed by atoms with Crippen LogP contribution in [0.3, 0.4) is 0 Å². The van der Waals surface area contributed by atoms with Crippen LogP contribution < -0.4 is 5.73 Å². The fourth-order valence-corrected chi connectivity index (χ4v) is 0.709. The van der Waals surface area contributed by atoms with Gasteiger partial charge in [0.1, 0.15) is 6.04 Å². The molecule has 0 saturated carbocycles. The summed E-state index contributed by atoms with van der Waals surface area (Å²) in [4.78, 5) is 4.07. The molecule has 0 aromatic rings. The lowest BCUT2D eigenvalue weighted by molar-refractivity contribution is 0.0153. The molecule has 12 heavy (non-hydrogen) atoms. The van der Waals surface area contributed by atoms with E-state index in [0.29, 0.717) is 5.84 Å². The van der Waals surface area contributed by atoms with Crippen molar-refractivity contribution in [3.05, 3.63) is 0 Å². The van der Waals surface area contributed by atoms with Crippen LogP contribution in [0.1, 0.15) is 20.8 Å². The SMILES string of the molecule is C#CC(N=C(C)N)C(C)(C)OC. The van der Waals surface area contributed by atoms with Crippen molar-refractivity contribution in [2.45, 2.75) is 32.4 Å². The molecular formula is C9H16N2O. The van der Waals surface area contributed by atoms with Crippen molar-refractivity contribution in [3.8, 4) is 12.3 Å². The summed E-state index contributed by atoms with van der Waals surface area (Å²) in [6, 6.07) is -0.326. The summed E-state index contributed by atoms with van der Waals surface area (Å²) < 4.78 is 5.19. The predicted molar refractivity (Wildman–Crippen MR) is 51.0 cm³/mol. The first kappa shape index (κ1) is 11.0. The topological polar surface area (TPSA) is 47.6 Å². The lowest BCUT2D eigenvalue weighted by Gasteiger charge is -2.26. The number of ether oxygens (including phenoxy) is 1. The van der Waals surface area contributed by atoms with Gasteiger partial charge >= 0.3 is 0 Å². The first-order valence-corrected chi connectivity index (χ1v) is 3.75. The molecule has 0 radical (unpaired) electrons. The molecule has 3 heteroatoms. The van der Waals surface area contributed by atoms with Gasteiger partial charge in [0.2, 0.25) is 0 Å². The van der Waals surface area contributed by atoms with Gasteiger partial charge in [-0.15, -0.1) is 6.42 Å². The van der Waals surface area contributed by atoms with Gasteiger partial charge < -0.3 is 10.5 Å². The van der Waals surface area contributed by atoms with Crippen molar-refractivity contribution in [2.75, 3.05) is 7.11 Å². The highest BCUT2D eigenvalue weighted by Gasteiger charge is 2.26. The van der Waals surface area contributed by atoms with Crippen LogP contribution in [0.4, 0.5) is 0 Å². The number of methoxy groups -OCH3 is 1. The Morgan fingerprint density at radius 2 is 2.17 bits per heavy atom. The molecule has 68 valence electrons. The van der Waals surface area contributed by atoms with Crippen LogP contribution in [0.5, 0.6) is 0 Å². The number of nitrogens with two attached hydrogens (primary N) is 1. The third-order valence-electron chi connectivity index (χ3n) is 1.68. The Balaban J connectivity index is 4.60. The standard InChI is InChI=1S/C9H16N2O/c1-6-8(11-7(2)10)9(3,4)12-5/h1,8H,2-5H3,(H2,10,11). The lowest BCUT2D eigenvalue weighted by Crippen LogP contribution is -2.37. The van der Waals surface area contributed by atoms with Gasteiger partial charge in [0, 0.05) is 7.11 Å². The molecule has 0 saturated heterocycles. The second-order valence-corrected chi connectivity index (χ2v) is 3.15. The van der Waals surface area contributed by atoms with E-state index in [4.69, 9.17) is 16.9 Å². The fraction of sp³-hybridized carbons (Fsp3) is 0.667. The molecule has 0 fully saturated rings. The summed E-state index contributed by atoms with van der Waals surface area (Å²) in [5.41, 5.74) is 4.96. The lowest BCUT2D eigenvalue weighted by atomic mass is 10.00. The molecule has 3 nitrogen and oxygen atoms in total. The molecule has 0 aliphatic rings. The second-order valence-electron chi connectivity index (χ2n) is 3.15. The van der Waals surface area contributed by atoms with Crippen LogP contribution in [-0.4, -0.2) is 24.6 Å². The molecule has 0 aromatic carbocycles. The van der Waals surface area contributed by atoms with E-state index in [1.807, 2.05) is 13.8 Å². The number of terminal acetylenes is 1. The molecule has 1 atom stereocenters. The number of hydrogen-bond donors (Lipinski definition) is 1. The zero-order valence-corrected chi connectivity index (χ0v) is 8.09. The highest BCUT2D eigenvalue weighted by atomic mass is 16.5. The normalized spacial score (nSPS) is 15.4. The molecule has 0 aliphatic carbocycles. The number of hydrogen-bond acceptors (Lipinski definition) is 2. The van der Waals surface area contributed by atoms with Crippen molar-refractivity contribution >= 4 is 5.84 Å². The summed E-state index contributed by atoms with van der Waals surface area (Å²) in [5, 5.41) is 0. The Hall–Kier alpha value is -1.01. The van der Waals surface area contributed by atoms with Crippen molar-refractivity contribution < 1.29 is 4.74 Å². The maximum Gasteiger partial charge on any atom is 0.140 e. The highest BCUT2D eigenvalue weighted by Crippen LogP contribution is 2.15. The number of rotatable bonds is 3. The molecular weight excluding hydrogens is 152 g/mol. The monoisotopic (exact) mass is 168 g/mol. The molecule has 0 heterocycles. The average molecular weight is 168 g/mol. The van der Waals surface area contributed by atoms with Crippen LogP contribution in [0.25, 0.3) is 0 Å². The minimum absolute atomic E-state index is 0.326. The smallest absolute Gasteiger partial charge is 0.140 e.